The van der Waals surface area contributed by atoms with Crippen LogP contribution in [-0.2, 0) is 5.41 Å². The second-order valence-electron chi connectivity index (χ2n) is 13.7. The Morgan fingerprint density at radius 1 is 0.479 bits per heavy atom. The van der Waals surface area contributed by atoms with Crippen LogP contribution in [0.25, 0.3) is 27.5 Å². The zero-order chi connectivity index (χ0) is 32.0. The molecule has 10 rings (SSSR count). The average Bonchev–Trinajstić information content (AvgIpc) is 3.48. The highest BCUT2D eigenvalue weighted by Gasteiger charge is 2.54. The molecule has 0 aliphatic carbocycles. The van der Waals surface area contributed by atoms with Crippen molar-refractivity contribution in [3.63, 3.8) is 0 Å². The van der Waals surface area contributed by atoms with Crippen molar-refractivity contribution in [2.45, 2.75) is 18.5 Å². The van der Waals surface area contributed by atoms with Gasteiger partial charge in [0.2, 0.25) is 0 Å². The van der Waals surface area contributed by atoms with E-state index in [0.717, 1.165) is 0 Å². The first-order valence-corrected chi connectivity index (χ1v) is 19.9. The van der Waals surface area contributed by atoms with Gasteiger partial charge < -0.3 is 9.47 Å². The molecule has 2 aliphatic heterocycles. The quantitative estimate of drug-likeness (QED) is 0.176. The van der Waals surface area contributed by atoms with E-state index < -0.39 is 13.5 Å². The highest BCUT2D eigenvalue weighted by molar-refractivity contribution is 7.02. The van der Waals surface area contributed by atoms with Crippen LogP contribution in [0.5, 0.6) is 0 Å². The molecule has 1 atom stereocenters. The Morgan fingerprint density at radius 3 is 1.81 bits per heavy atom. The SMILES string of the molecule is C[Si]1(C)c2ccccc2C2(c3ccccc3-n3c4ccccc4c4cccc2c43)c2cccc(N(c3ccccc3)c3ccccc3)c21. The molecule has 1 spiro atoms. The molecule has 0 fully saturated rings. The van der Waals surface area contributed by atoms with Crippen LogP contribution < -0.4 is 15.3 Å². The standard InChI is InChI=1S/C45H34N2Si/c1-48(2)42-30-14-11-24-36(42)45(38-26-16-29-41(44(38)48)46(31-17-5-3-6-18-31)32-19-7-4-8-20-32)35-23-10-13-28-40(35)47-39-27-12-9-21-33(39)34-22-15-25-37(45)43(34)47/h3-30H,1-2H3. The predicted molar refractivity (Wildman–Crippen MR) is 204 cm³/mol. The molecule has 7 aromatic carbocycles. The largest absolute Gasteiger partial charge is 0.311 e. The van der Waals surface area contributed by atoms with Crippen molar-refractivity contribution in [2.75, 3.05) is 4.90 Å². The van der Waals surface area contributed by atoms with Gasteiger partial charge in [-0.3, -0.25) is 0 Å². The fraction of sp³-hybridized carbons (Fsp3) is 0.0667. The van der Waals surface area contributed by atoms with Gasteiger partial charge >= 0.3 is 0 Å². The molecular weight excluding hydrogens is 597 g/mol. The fourth-order valence-electron chi connectivity index (χ4n) is 9.19. The maximum Gasteiger partial charge on any atom is 0.115 e. The van der Waals surface area contributed by atoms with E-state index in [9.17, 15) is 0 Å². The first-order valence-electron chi connectivity index (χ1n) is 16.9. The second kappa shape index (κ2) is 9.93. The molecule has 1 aromatic heterocycles. The molecule has 0 amide bonds. The van der Waals surface area contributed by atoms with Crippen LogP contribution in [0.2, 0.25) is 13.1 Å². The molecule has 2 nitrogen and oxygen atoms in total. The van der Waals surface area contributed by atoms with Gasteiger partial charge in [-0.25, -0.2) is 0 Å². The molecule has 0 N–H and O–H groups in total. The zero-order valence-corrected chi connectivity index (χ0v) is 28.1. The van der Waals surface area contributed by atoms with Crippen molar-refractivity contribution >= 4 is 57.3 Å². The summed E-state index contributed by atoms with van der Waals surface area (Å²) in [7, 11) is -2.29. The highest BCUT2D eigenvalue weighted by atomic mass is 28.3. The number of hydrogen-bond acceptors (Lipinski definition) is 1. The monoisotopic (exact) mass is 630 g/mol. The smallest absolute Gasteiger partial charge is 0.115 e. The Morgan fingerprint density at radius 2 is 1.04 bits per heavy atom. The number of fused-ring (bicyclic) bond motifs is 11. The van der Waals surface area contributed by atoms with E-state index in [4.69, 9.17) is 0 Å². The van der Waals surface area contributed by atoms with Gasteiger partial charge in [-0.15, -0.1) is 0 Å². The Hall–Kier alpha value is -5.64. The van der Waals surface area contributed by atoms with Gasteiger partial charge in [-0.2, -0.15) is 0 Å². The van der Waals surface area contributed by atoms with Crippen molar-refractivity contribution < 1.29 is 0 Å². The van der Waals surface area contributed by atoms with Gasteiger partial charge in [-0.05, 0) is 75.1 Å². The second-order valence-corrected chi connectivity index (χ2v) is 18.0. The maximum absolute atomic E-state index is 2.56. The Labute approximate surface area is 282 Å². The summed E-state index contributed by atoms with van der Waals surface area (Å²) in [6.07, 6.45) is 0. The normalized spacial score (nSPS) is 16.8. The Balaban J connectivity index is 1.41. The molecule has 48 heavy (non-hydrogen) atoms. The summed E-state index contributed by atoms with van der Waals surface area (Å²) in [5.41, 5.74) is 12.5. The van der Waals surface area contributed by atoms with E-state index >= 15 is 0 Å². The minimum absolute atomic E-state index is 0.496. The van der Waals surface area contributed by atoms with E-state index in [1.165, 1.54) is 77.2 Å². The Bertz CT molecular complexity index is 2510. The van der Waals surface area contributed by atoms with Gasteiger partial charge in [0.15, 0.2) is 0 Å². The lowest BCUT2D eigenvalue weighted by atomic mass is 9.62. The van der Waals surface area contributed by atoms with Gasteiger partial charge in [0.25, 0.3) is 0 Å². The van der Waals surface area contributed by atoms with Crippen LogP contribution in [-0.4, -0.2) is 12.6 Å². The molecule has 1 unspecified atom stereocenters. The summed E-state index contributed by atoms with van der Waals surface area (Å²) in [5, 5.41) is 5.60. The molecule has 3 heteroatoms. The topological polar surface area (TPSA) is 8.17 Å². The predicted octanol–water partition coefficient (Wildman–Crippen LogP) is 10.1. The molecule has 0 radical (unpaired) electrons. The van der Waals surface area contributed by atoms with Gasteiger partial charge in [0.05, 0.1) is 22.1 Å². The van der Waals surface area contributed by atoms with E-state index in [1.54, 1.807) is 0 Å². The summed E-state index contributed by atoms with van der Waals surface area (Å²) < 4.78 is 2.53. The number of rotatable bonds is 3. The van der Waals surface area contributed by atoms with Crippen LogP contribution in [0.4, 0.5) is 17.1 Å². The fourth-order valence-corrected chi connectivity index (χ4v) is 12.7. The van der Waals surface area contributed by atoms with Crippen molar-refractivity contribution in [2.24, 2.45) is 0 Å². The van der Waals surface area contributed by atoms with E-state index in [0.29, 0.717) is 0 Å². The third-order valence-corrected chi connectivity index (χ3v) is 14.6. The first kappa shape index (κ1) is 27.5. The van der Waals surface area contributed by atoms with Gasteiger partial charge in [-0.1, -0.05) is 140 Å². The molecular formula is C45H34N2Si. The minimum atomic E-state index is -2.29. The summed E-state index contributed by atoms with van der Waals surface area (Å²) >= 11 is 0. The summed E-state index contributed by atoms with van der Waals surface area (Å²) in [6, 6.07) is 63.4. The van der Waals surface area contributed by atoms with Crippen molar-refractivity contribution in [1.82, 2.24) is 4.57 Å². The average molecular weight is 631 g/mol. The van der Waals surface area contributed by atoms with Gasteiger partial charge in [0.1, 0.15) is 8.07 Å². The van der Waals surface area contributed by atoms with Crippen LogP contribution in [0.1, 0.15) is 22.3 Å². The Kier molecular flexibility index (Phi) is 5.68. The van der Waals surface area contributed by atoms with E-state index in [2.05, 4.69) is 192 Å². The van der Waals surface area contributed by atoms with Crippen LogP contribution in [0.15, 0.2) is 170 Å². The van der Waals surface area contributed by atoms with Crippen LogP contribution >= 0.6 is 0 Å². The number of anilines is 3. The molecule has 3 heterocycles. The van der Waals surface area contributed by atoms with Crippen molar-refractivity contribution in [3.05, 3.63) is 192 Å². The molecule has 228 valence electrons. The van der Waals surface area contributed by atoms with E-state index in [1.807, 2.05) is 0 Å². The minimum Gasteiger partial charge on any atom is -0.311 e. The lowest BCUT2D eigenvalue weighted by Crippen LogP contribution is -2.64. The number of nitrogens with zero attached hydrogens (tertiary/aromatic N) is 2. The number of aromatic nitrogens is 1. The first-order chi connectivity index (χ1) is 23.6. The summed E-state index contributed by atoms with van der Waals surface area (Å²) in [6.45, 7) is 5.11. The van der Waals surface area contributed by atoms with Crippen molar-refractivity contribution in [3.8, 4) is 5.69 Å². The molecule has 8 aromatic rings. The lowest BCUT2D eigenvalue weighted by molar-refractivity contribution is 0.732. The third kappa shape index (κ3) is 3.41. The number of para-hydroxylation sites is 5. The maximum atomic E-state index is 2.56. The third-order valence-electron chi connectivity index (χ3n) is 11.0. The number of hydrogen-bond donors (Lipinski definition) is 0. The summed E-state index contributed by atoms with van der Waals surface area (Å²) in [4.78, 5) is 2.49. The van der Waals surface area contributed by atoms with Crippen molar-refractivity contribution in [1.29, 1.82) is 0 Å². The lowest BCUT2D eigenvalue weighted by Gasteiger charge is -2.50. The highest BCUT2D eigenvalue weighted by Crippen LogP contribution is 2.56. The molecule has 0 saturated heterocycles. The van der Waals surface area contributed by atoms with Crippen LogP contribution in [0, 0.1) is 0 Å². The summed E-state index contributed by atoms with van der Waals surface area (Å²) in [5.74, 6) is 0. The molecule has 0 saturated carbocycles. The number of benzene rings is 7. The van der Waals surface area contributed by atoms with Crippen LogP contribution in [0.3, 0.4) is 0 Å². The van der Waals surface area contributed by atoms with E-state index in [-0.39, 0.29) is 0 Å². The molecule has 0 bridgehead atoms. The van der Waals surface area contributed by atoms with Gasteiger partial charge in [0, 0.05) is 27.8 Å². The molecule has 2 aliphatic rings. The zero-order valence-electron chi connectivity index (χ0n) is 27.1.